The summed E-state index contributed by atoms with van der Waals surface area (Å²) in [4.78, 5) is 8.39. The van der Waals surface area contributed by atoms with Gasteiger partial charge in [0.25, 0.3) is 0 Å². The van der Waals surface area contributed by atoms with Crippen LogP contribution in [-0.4, -0.2) is 14.5 Å². The predicted molar refractivity (Wildman–Crippen MR) is 85.1 cm³/mol. The second-order valence-corrected chi connectivity index (χ2v) is 5.26. The van der Waals surface area contributed by atoms with E-state index in [9.17, 15) is 0 Å². The van der Waals surface area contributed by atoms with Crippen LogP contribution in [0.3, 0.4) is 0 Å². The number of nitrogen functional groups attached to an aromatic ring is 1. The molecule has 0 radical (unpaired) electrons. The third-order valence-electron chi connectivity index (χ3n) is 3.52. The molecule has 2 N–H and O–H groups in total. The first-order valence-electron chi connectivity index (χ1n) is 6.65. The van der Waals surface area contributed by atoms with Crippen LogP contribution >= 0.6 is 11.6 Å². The van der Waals surface area contributed by atoms with E-state index in [1.807, 2.05) is 36.5 Å². The smallest absolute Gasteiger partial charge is 0.123 e. The summed E-state index contributed by atoms with van der Waals surface area (Å²) in [5, 5.41) is 0.750. The van der Waals surface area contributed by atoms with Crippen molar-refractivity contribution < 1.29 is 0 Å². The van der Waals surface area contributed by atoms with Gasteiger partial charge in [0.15, 0.2) is 0 Å². The fourth-order valence-corrected chi connectivity index (χ4v) is 2.65. The highest BCUT2D eigenvalue weighted by atomic mass is 35.5. The molecular formula is C16H15ClN4. The molecular weight excluding hydrogens is 284 g/mol. The lowest BCUT2D eigenvalue weighted by Gasteiger charge is -2.18. The molecule has 3 rings (SSSR count). The highest BCUT2D eigenvalue weighted by molar-refractivity contribution is 6.31. The van der Waals surface area contributed by atoms with Gasteiger partial charge in [0.2, 0.25) is 0 Å². The zero-order chi connectivity index (χ0) is 14.8. The number of nitrogens with zero attached hydrogens (tertiary/aromatic N) is 3. The molecule has 1 unspecified atom stereocenters. The van der Waals surface area contributed by atoms with E-state index in [0.717, 1.165) is 21.8 Å². The van der Waals surface area contributed by atoms with Crippen molar-refractivity contribution in [2.45, 2.75) is 13.0 Å². The Kier molecular flexibility index (Phi) is 3.62. The standard InChI is InChI=1S/C16H15ClN4/c1-11(13-4-2-3-5-14(13)17)21-10-19-9-15(21)12-6-7-16(18)20-8-12/h2-11H,1H3,(H2,18,20). The number of rotatable bonds is 3. The lowest BCUT2D eigenvalue weighted by Crippen LogP contribution is -2.07. The maximum absolute atomic E-state index is 6.29. The molecule has 2 heterocycles. The van der Waals surface area contributed by atoms with Gasteiger partial charge in [-0.1, -0.05) is 29.8 Å². The first-order chi connectivity index (χ1) is 10.2. The van der Waals surface area contributed by atoms with Gasteiger partial charge in [-0.3, -0.25) is 0 Å². The van der Waals surface area contributed by atoms with Crippen molar-refractivity contribution in [3.63, 3.8) is 0 Å². The molecule has 2 aromatic heterocycles. The number of pyridine rings is 1. The molecule has 1 atom stereocenters. The molecule has 0 fully saturated rings. The molecule has 0 saturated carbocycles. The second-order valence-electron chi connectivity index (χ2n) is 4.86. The van der Waals surface area contributed by atoms with Crippen LogP contribution in [0.4, 0.5) is 5.82 Å². The van der Waals surface area contributed by atoms with Crippen molar-refractivity contribution in [3.8, 4) is 11.3 Å². The first kappa shape index (κ1) is 13.6. The topological polar surface area (TPSA) is 56.7 Å². The van der Waals surface area contributed by atoms with Crippen molar-refractivity contribution in [2.24, 2.45) is 0 Å². The van der Waals surface area contributed by atoms with Crippen molar-refractivity contribution in [3.05, 3.63) is 65.7 Å². The molecule has 1 aromatic carbocycles. The second kappa shape index (κ2) is 5.58. The van der Waals surface area contributed by atoms with Crippen LogP contribution in [0.1, 0.15) is 18.5 Å². The predicted octanol–water partition coefficient (Wildman–Crippen LogP) is 3.79. The van der Waals surface area contributed by atoms with E-state index in [2.05, 4.69) is 21.5 Å². The molecule has 0 aliphatic carbocycles. The summed E-state index contributed by atoms with van der Waals surface area (Å²) >= 11 is 6.29. The summed E-state index contributed by atoms with van der Waals surface area (Å²) in [6.07, 6.45) is 5.38. The van der Waals surface area contributed by atoms with E-state index in [-0.39, 0.29) is 6.04 Å². The summed E-state index contributed by atoms with van der Waals surface area (Å²) in [7, 11) is 0. The van der Waals surface area contributed by atoms with Gasteiger partial charge in [0.05, 0.1) is 24.3 Å². The van der Waals surface area contributed by atoms with Crippen LogP contribution in [0.2, 0.25) is 5.02 Å². The average Bonchev–Trinajstić information content (AvgIpc) is 2.97. The third-order valence-corrected chi connectivity index (χ3v) is 3.86. The van der Waals surface area contributed by atoms with Crippen LogP contribution in [0, 0.1) is 0 Å². The number of imidazole rings is 1. The zero-order valence-corrected chi connectivity index (χ0v) is 12.3. The van der Waals surface area contributed by atoms with Gasteiger partial charge < -0.3 is 10.3 Å². The highest BCUT2D eigenvalue weighted by Gasteiger charge is 2.15. The number of halogens is 1. The fourth-order valence-electron chi connectivity index (χ4n) is 2.36. The summed E-state index contributed by atoms with van der Waals surface area (Å²) in [5.41, 5.74) is 8.65. The Labute approximate surface area is 128 Å². The van der Waals surface area contributed by atoms with Gasteiger partial charge in [0.1, 0.15) is 5.82 Å². The minimum absolute atomic E-state index is 0.0775. The molecule has 106 valence electrons. The van der Waals surface area contributed by atoms with Crippen molar-refractivity contribution in [2.75, 3.05) is 5.73 Å². The molecule has 0 amide bonds. The fraction of sp³-hybridized carbons (Fsp3) is 0.125. The van der Waals surface area contributed by atoms with Crippen LogP contribution in [0.15, 0.2) is 55.1 Å². The van der Waals surface area contributed by atoms with Crippen molar-refractivity contribution in [1.29, 1.82) is 0 Å². The Bertz CT molecular complexity index is 749. The Morgan fingerprint density at radius 2 is 1.95 bits per heavy atom. The SMILES string of the molecule is CC(c1ccccc1Cl)n1cncc1-c1ccc(N)nc1. The number of hydrogen-bond acceptors (Lipinski definition) is 3. The van der Waals surface area contributed by atoms with Crippen LogP contribution in [0.25, 0.3) is 11.3 Å². The van der Waals surface area contributed by atoms with E-state index in [1.165, 1.54) is 0 Å². The number of hydrogen-bond donors (Lipinski definition) is 1. The van der Waals surface area contributed by atoms with Gasteiger partial charge in [-0.05, 0) is 30.7 Å². The van der Waals surface area contributed by atoms with Gasteiger partial charge in [-0.25, -0.2) is 9.97 Å². The lowest BCUT2D eigenvalue weighted by molar-refractivity contribution is 0.644. The number of anilines is 1. The van der Waals surface area contributed by atoms with E-state index >= 15 is 0 Å². The van der Waals surface area contributed by atoms with Crippen molar-refractivity contribution >= 4 is 17.4 Å². The summed E-state index contributed by atoms with van der Waals surface area (Å²) in [6, 6.07) is 11.6. The summed E-state index contributed by atoms with van der Waals surface area (Å²) in [5.74, 6) is 0.504. The van der Waals surface area contributed by atoms with Crippen LogP contribution in [0.5, 0.6) is 0 Å². The summed E-state index contributed by atoms with van der Waals surface area (Å²) < 4.78 is 2.08. The molecule has 0 aliphatic rings. The molecule has 0 saturated heterocycles. The van der Waals surface area contributed by atoms with Crippen molar-refractivity contribution in [1.82, 2.24) is 14.5 Å². The van der Waals surface area contributed by atoms with Gasteiger partial charge in [-0.2, -0.15) is 0 Å². The monoisotopic (exact) mass is 298 g/mol. The largest absolute Gasteiger partial charge is 0.384 e. The molecule has 3 aromatic rings. The van der Waals surface area contributed by atoms with Gasteiger partial charge in [0, 0.05) is 16.8 Å². The van der Waals surface area contributed by atoms with E-state index in [0.29, 0.717) is 5.82 Å². The third kappa shape index (κ3) is 2.62. The quantitative estimate of drug-likeness (QED) is 0.800. The van der Waals surface area contributed by atoms with E-state index in [4.69, 9.17) is 17.3 Å². The van der Waals surface area contributed by atoms with E-state index in [1.54, 1.807) is 18.6 Å². The Morgan fingerprint density at radius 3 is 2.67 bits per heavy atom. The normalized spacial score (nSPS) is 12.3. The first-order valence-corrected chi connectivity index (χ1v) is 7.03. The Hall–Kier alpha value is -2.33. The minimum Gasteiger partial charge on any atom is -0.384 e. The van der Waals surface area contributed by atoms with E-state index < -0.39 is 0 Å². The highest BCUT2D eigenvalue weighted by Crippen LogP contribution is 2.29. The van der Waals surface area contributed by atoms with Crippen LogP contribution < -0.4 is 5.73 Å². The van der Waals surface area contributed by atoms with Crippen LogP contribution in [-0.2, 0) is 0 Å². The zero-order valence-electron chi connectivity index (χ0n) is 11.6. The molecule has 5 heteroatoms. The number of benzene rings is 1. The maximum atomic E-state index is 6.29. The number of aromatic nitrogens is 3. The van der Waals surface area contributed by atoms with Gasteiger partial charge >= 0.3 is 0 Å². The van der Waals surface area contributed by atoms with Gasteiger partial charge in [-0.15, -0.1) is 0 Å². The number of nitrogens with two attached hydrogens (primary N) is 1. The average molecular weight is 299 g/mol. The molecule has 0 spiro atoms. The molecule has 21 heavy (non-hydrogen) atoms. The Morgan fingerprint density at radius 1 is 1.14 bits per heavy atom. The maximum Gasteiger partial charge on any atom is 0.123 e. The molecule has 0 aliphatic heterocycles. The minimum atomic E-state index is 0.0775. The Balaban J connectivity index is 2.03. The molecule has 0 bridgehead atoms. The lowest BCUT2D eigenvalue weighted by atomic mass is 10.1. The summed E-state index contributed by atoms with van der Waals surface area (Å²) in [6.45, 7) is 2.09. The molecule has 4 nitrogen and oxygen atoms in total.